The summed E-state index contributed by atoms with van der Waals surface area (Å²) >= 11 is 0. The molecular weight excluding hydrogens is 333 g/mol. The normalized spacial score (nSPS) is 18.3. The van der Waals surface area contributed by atoms with E-state index in [0.717, 1.165) is 38.2 Å². The molecule has 0 aromatic heterocycles. The number of hydrogen-bond donors (Lipinski definition) is 1. The number of carbonyl (C=O) groups is 1. The molecule has 1 amide bonds. The summed E-state index contributed by atoms with van der Waals surface area (Å²) in [6, 6.07) is 9.94. The van der Waals surface area contributed by atoms with Crippen molar-refractivity contribution in [3.8, 4) is 0 Å². The highest BCUT2D eigenvalue weighted by atomic mass is 35.5. The zero-order chi connectivity index (χ0) is 15.2. The maximum Gasteiger partial charge on any atom is 0.244 e. The van der Waals surface area contributed by atoms with Gasteiger partial charge in [-0.25, -0.2) is 0 Å². The van der Waals surface area contributed by atoms with Gasteiger partial charge in [-0.05, 0) is 37.5 Å². The summed E-state index contributed by atoms with van der Waals surface area (Å²) in [7, 11) is 0. The molecule has 1 heterocycles. The zero-order valence-electron chi connectivity index (χ0n) is 14.0. The van der Waals surface area contributed by atoms with E-state index < -0.39 is 0 Å². The van der Waals surface area contributed by atoms with E-state index >= 15 is 0 Å². The number of benzene rings is 1. The van der Waals surface area contributed by atoms with Gasteiger partial charge >= 0.3 is 0 Å². The maximum absolute atomic E-state index is 13.0. The molecule has 0 bridgehead atoms. The second-order valence-electron chi connectivity index (χ2n) is 5.71. The van der Waals surface area contributed by atoms with Crippen LogP contribution in [0.4, 0.5) is 0 Å². The van der Waals surface area contributed by atoms with Crippen molar-refractivity contribution in [2.75, 3.05) is 32.7 Å². The number of likely N-dealkylation sites (N-methyl/N-ethyl adjacent to an activating group) is 1. The van der Waals surface area contributed by atoms with Gasteiger partial charge in [0.1, 0.15) is 6.04 Å². The Balaban J connectivity index is 0.00000242. The smallest absolute Gasteiger partial charge is 0.244 e. The standard InChI is InChI=1S/C17H27N3O.2ClH/c1-3-19(4-2)16(15-8-6-5-7-9-15)17(21)20-11-10-14(12-18)13-20;;/h5-9,14,16H,3-4,10-13,18H2,1-2H3;2*1H. The highest BCUT2D eigenvalue weighted by Gasteiger charge is 2.33. The molecule has 1 aliphatic rings. The van der Waals surface area contributed by atoms with Crippen LogP contribution in [0.3, 0.4) is 0 Å². The van der Waals surface area contributed by atoms with Gasteiger partial charge in [0.05, 0.1) is 0 Å². The van der Waals surface area contributed by atoms with Gasteiger partial charge in [-0.2, -0.15) is 0 Å². The average molecular weight is 362 g/mol. The summed E-state index contributed by atoms with van der Waals surface area (Å²) in [6.45, 7) is 8.28. The van der Waals surface area contributed by atoms with Crippen LogP contribution in [0.25, 0.3) is 0 Å². The Morgan fingerprint density at radius 2 is 1.87 bits per heavy atom. The van der Waals surface area contributed by atoms with Crippen molar-refractivity contribution >= 4 is 30.7 Å². The van der Waals surface area contributed by atoms with E-state index in [-0.39, 0.29) is 36.8 Å². The minimum absolute atomic E-state index is 0. The van der Waals surface area contributed by atoms with Gasteiger partial charge in [-0.15, -0.1) is 24.8 Å². The Bertz CT molecular complexity index is 454. The molecule has 0 spiro atoms. The molecule has 0 radical (unpaired) electrons. The Kier molecular flexibility index (Phi) is 10.5. The summed E-state index contributed by atoms with van der Waals surface area (Å²) in [5.74, 6) is 0.683. The molecular formula is C17H29Cl2N3O. The van der Waals surface area contributed by atoms with Gasteiger partial charge in [-0.1, -0.05) is 44.2 Å². The lowest BCUT2D eigenvalue weighted by Gasteiger charge is -2.32. The monoisotopic (exact) mass is 361 g/mol. The number of likely N-dealkylation sites (tertiary alicyclic amines) is 1. The summed E-state index contributed by atoms with van der Waals surface area (Å²) in [6.07, 6.45) is 1.03. The Hall–Kier alpha value is -0.810. The van der Waals surface area contributed by atoms with E-state index in [1.165, 1.54) is 0 Å². The topological polar surface area (TPSA) is 49.6 Å². The number of amides is 1. The Morgan fingerprint density at radius 1 is 1.26 bits per heavy atom. The molecule has 0 saturated carbocycles. The molecule has 4 nitrogen and oxygen atoms in total. The molecule has 2 N–H and O–H groups in total. The van der Waals surface area contributed by atoms with Crippen LogP contribution in [-0.2, 0) is 4.79 Å². The van der Waals surface area contributed by atoms with Crippen LogP contribution in [0.1, 0.15) is 31.9 Å². The number of carbonyl (C=O) groups excluding carboxylic acids is 1. The van der Waals surface area contributed by atoms with Crippen molar-refractivity contribution in [2.24, 2.45) is 11.7 Å². The summed E-state index contributed by atoms with van der Waals surface area (Å²) in [5, 5.41) is 0. The number of hydrogen-bond acceptors (Lipinski definition) is 3. The zero-order valence-corrected chi connectivity index (χ0v) is 15.6. The van der Waals surface area contributed by atoms with Gasteiger partial charge in [0.2, 0.25) is 5.91 Å². The second-order valence-corrected chi connectivity index (χ2v) is 5.71. The highest BCUT2D eigenvalue weighted by molar-refractivity contribution is 5.85. The molecule has 2 unspecified atom stereocenters. The first-order valence-corrected chi connectivity index (χ1v) is 7.99. The molecule has 2 atom stereocenters. The van der Waals surface area contributed by atoms with Crippen molar-refractivity contribution in [3.05, 3.63) is 35.9 Å². The van der Waals surface area contributed by atoms with Gasteiger partial charge in [0.25, 0.3) is 0 Å². The molecule has 0 aliphatic carbocycles. The summed E-state index contributed by atoms with van der Waals surface area (Å²) in [5.41, 5.74) is 6.83. The van der Waals surface area contributed by atoms with E-state index in [9.17, 15) is 4.79 Å². The van der Waals surface area contributed by atoms with Gasteiger partial charge < -0.3 is 10.6 Å². The number of nitrogens with two attached hydrogens (primary N) is 1. The highest BCUT2D eigenvalue weighted by Crippen LogP contribution is 2.26. The SMILES string of the molecule is CCN(CC)C(C(=O)N1CCC(CN)C1)c1ccccc1.Cl.Cl. The van der Waals surface area contributed by atoms with Crippen LogP contribution in [0, 0.1) is 5.92 Å². The third-order valence-corrected chi connectivity index (χ3v) is 4.46. The van der Waals surface area contributed by atoms with Crippen molar-refractivity contribution in [2.45, 2.75) is 26.3 Å². The van der Waals surface area contributed by atoms with Crippen molar-refractivity contribution in [1.82, 2.24) is 9.80 Å². The largest absolute Gasteiger partial charge is 0.341 e. The molecule has 1 aromatic rings. The average Bonchev–Trinajstić information content (AvgIpc) is 3.02. The lowest BCUT2D eigenvalue weighted by molar-refractivity contribution is -0.136. The molecule has 1 aromatic carbocycles. The first kappa shape index (κ1) is 22.2. The first-order valence-electron chi connectivity index (χ1n) is 7.99. The molecule has 1 saturated heterocycles. The second kappa shape index (κ2) is 10.9. The molecule has 6 heteroatoms. The minimum atomic E-state index is -0.169. The quantitative estimate of drug-likeness (QED) is 0.847. The lowest BCUT2D eigenvalue weighted by Crippen LogP contribution is -2.42. The van der Waals surface area contributed by atoms with E-state index in [1.807, 2.05) is 23.1 Å². The fourth-order valence-corrected chi connectivity index (χ4v) is 3.13. The van der Waals surface area contributed by atoms with Crippen molar-refractivity contribution in [3.63, 3.8) is 0 Å². The number of nitrogens with zero attached hydrogens (tertiary/aromatic N) is 2. The lowest BCUT2D eigenvalue weighted by atomic mass is 10.0. The Morgan fingerprint density at radius 3 is 2.35 bits per heavy atom. The van der Waals surface area contributed by atoms with E-state index in [0.29, 0.717) is 12.5 Å². The summed E-state index contributed by atoms with van der Waals surface area (Å²) < 4.78 is 0. The van der Waals surface area contributed by atoms with Crippen LogP contribution in [-0.4, -0.2) is 48.4 Å². The van der Waals surface area contributed by atoms with Crippen LogP contribution >= 0.6 is 24.8 Å². The number of rotatable bonds is 6. The number of halogens is 2. The van der Waals surface area contributed by atoms with Crippen LogP contribution in [0.15, 0.2) is 30.3 Å². The van der Waals surface area contributed by atoms with Gasteiger partial charge in [0.15, 0.2) is 0 Å². The van der Waals surface area contributed by atoms with Gasteiger partial charge in [0, 0.05) is 13.1 Å². The third kappa shape index (κ3) is 5.35. The van der Waals surface area contributed by atoms with Crippen LogP contribution < -0.4 is 5.73 Å². The van der Waals surface area contributed by atoms with Crippen LogP contribution in [0.2, 0.25) is 0 Å². The van der Waals surface area contributed by atoms with E-state index in [2.05, 4.69) is 30.9 Å². The molecule has 132 valence electrons. The van der Waals surface area contributed by atoms with E-state index in [4.69, 9.17) is 5.73 Å². The van der Waals surface area contributed by atoms with Crippen molar-refractivity contribution in [1.29, 1.82) is 0 Å². The maximum atomic E-state index is 13.0. The van der Waals surface area contributed by atoms with Crippen LogP contribution in [0.5, 0.6) is 0 Å². The van der Waals surface area contributed by atoms with Crippen molar-refractivity contribution < 1.29 is 4.79 Å². The molecule has 1 fully saturated rings. The first-order chi connectivity index (χ1) is 10.2. The predicted octanol–water partition coefficient (Wildman–Crippen LogP) is 2.72. The summed E-state index contributed by atoms with van der Waals surface area (Å²) in [4.78, 5) is 17.2. The third-order valence-electron chi connectivity index (χ3n) is 4.46. The fourth-order valence-electron chi connectivity index (χ4n) is 3.13. The van der Waals surface area contributed by atoms with Gasteiger partial charge in [-0.3, -0.25) is 9.69 Å². The molecule has 2 rings (SSSR count). The Labute approximate surface area is 152 Å². The molecule has 23 heavy (non-hydrogen) atoms. The van der Waals surface area contributed by atoms with E-state index in [1.54, 1.807) is 0 Å². The predicted molar refractivity (Wildman–Crippen MR) is 100 cm³/mol. The fraction of sp³-hybridized carbons (Fsp3) is 0.588. The molecule has 1 aliphatic heterocycles. The minimum Gasteiger partial charge on any atom is -0.341 e.